The third-order valence-electron chi connectivity index (χ3n) is 2.20. The lowest BCUT2D eigenvalue weighted by molar-refractivity contribution is -0.385. The predicted molar refractivity (Wildman–Crippen MR) is 62.1 cm³/mol. The van der Waals surface area contributed by atoms with Crippen molar-refractivity contribution >= 4 is 5.69 Å². The largest absolute Gasteiger partial charge is 0.449 e. The van der Waals surface area contributed by atoms with Gasteiger partial charge in [0.1, 0.15) is 23.3 Å². The summed E-state index contributed by atoms with van der Waals surface area (Å²) < 4.78 is 18.2. The molecule has 0 atom stereocenters. The molecule has 0 N–H and O–H groups in total. The van der Waals surface area contributed by atoms with Crippen LogP contribution in [0.1, 0.15) is 5.69 Å². The normalized spacial score (nSPS) is 9.68. The van der Waals surface area contributed by atoms with Crippen molar-refractivity contribution in [3.63, 3.8) is 0 Å². The van der Waals surface area contributed by atoms with Crippen LogP contribution in [0, 0.1) is 27.3 Å². The zero-order valence-electron chi connectivity index (χ0n) is 9.41. The molecule has 0 aliphatic carbocycles. The number of rotatable bonds is 3. The van der Waals surface area contributed by atoms with Gasteiger partial charge in [-0.1, -0.05) is 0 Å². The summed E-state index contributed by atoms with van der Waals surface area (Å²) in [4.78, 5) is 13.8. The van der Waals surface area contributed by atoms with E-state index in [1.807, 2.05) is 6.07 Å². The average molecular weight is 259 g/mol. The lowest BCUT2D eigenvalue weighted by Gasteiger charge is -2.05. The fourth-order valence-corrected chi connectivity index (χ4v) is 1.35. The Labute approximate surface area is 106 Å². The van der Waals surface area contributed by atoms with Crippen LogP contribution in [0.25, 0.3) is 0 Å². The van der Waals surface area contributed by atoms with E-state index < -0.39 is 16.4 Å². The quantitative estimate of drug-likeness (QED) is 0.624. The summed E-state index contributed by atoms with van der Waals surface area (Å²) >= 11 is 0. The van der Waals surface area contributed by atoms with Crippen LogP contribution in [0.2, 0.25) is 0 Å². The molecular formula is C12H6FN3O3. The van der Waals surface area contributed by atoms with Crippen molar-refractivity contribution < 1.29 is 14.1 Å². The number of ether oxygens (including phenoxy) is 1. The maximum Gasteiger partial charge on any atom is 0.314 e. The van der Waals surface area contributed by atoms with Crippen LogP contribution < -0.4 is 4.74 Å². The van der Waals surface area contributed by atoms with Crippen LogP contribution in [0.5, 0.6) is 11.5 Å². The topological polar surface area (TPSA) is 89.0 Å². The molecule has 0 aliphatic rings. The summed E-state index contributed by atoms with van der Waals surface area (Å²) in [6.45, 7) is 0. The molecule has 0 unspecified atom stereocenters. The van der Waals surface area contributed by atoms with Gasteiger partial charge in [-0.2, -0.15) is 5.26 Å². The highest BCUT2D eigenvalue weighted by molar-refractivity contribution is 5.48. The summed E-state index contributed by atoms with van der Waals surface area (Å²) in [5.41, 5.74) is -0.287. The second-order valence-corrected chi connectivity index (χ2v) is 3.46. The fourth-order valence-electron chi connectivity index (χ4n) is 1.35. The van der Waals surface area contributed by atoms with Crippen LogP contribution in [0.3, 0.4) is 0 Å². The maximum absolute atomic E-state index is 12.9. The predicted octanol–water partition coefficient (Wildman–Crippen LogP) is 2.79. The summed E-state index contributed by atoms with van der Waals surface area (Å²) in [5.74, 6) is -0.608. The zero-order valence-corrected chi connectivity index (χ0v) is 9.41. The van der Waals surface area contributed by atoms with Gasteiger partial charge < -0.3 is 4.74 Å². The van der Waals surface area contributed by atoms with E-state index in [-0.39, 0.29) is 17.2 Å². The smallest absolute Gasteiger partial charge is 0.314 e. The van der Waals surface area contributed by atoms with Gasteiger partial charge in [0, 0.05) is 0 Å². The molecule has 0 radical (unpaired) electrons. The Hall–Kier alpha value is -3.01. The molecule has 0 saturated carbocycles. The number of pyridine rings is 1. The molecule has 0 amide bonds. The van der Waals surface area contributed by atoms with Gasteiger partial charge in [0.05, 0.1) is 17.2 Å². The number of aromatic nitrogens is 1. The molecule has 1 aromatic heterocycles. The van der Waals surface area contributed by atoms with E-state index in [1.165, 1.54) is 18.3 Å². The number of hydrogen-bond acceptors (Lipinski definition) is 5. The molecule has 19 heavy (non-hydrogen) atoms. The maximum atomic E-state index is 12.9. The average Bonchev–Trinajstić information content (AvgIpc) is 2.41. The van der Waals surface area contributed by atoms with Crippen LogP contribution >= 0.6 is 0 Å². The molecule has 1 aromatic carbocycles. The Balaban J connectivity index is 2.32. The van der Waals surface area contributed by atoms with Crippen molar-refractivity contribution in [1.29, 1.82) is 5.26 Å². The highest BCUT2D eigenvalue weighted by atomic mass is 19.1. The summed E-state index contributed by atoms with van der Waals surface area (Å²) in [5, 5.41) is 19.3. The van der Waals surface area contributed by atoms with E-state index in [0.717, 1.165) is 18.2 Å². The first-order valence-electron chi connectivity index (χ1n) is 5.08. The number of nitro benzene ring substituents is 1. The highest BCUT2D eigenvalue weighted by Gasteiger charge is 2.17. The number of nitriles is 1. The minimum atomic E-state index is -0.741. The highest BCUT2D eigenvalue weighted by Crippen LogP contribution is 2.31. The standard InChI is InChI=1S/C12H6FN3O3/c13-8-1-4-12(11(5-8)16(17)18)19-10-3-2-9(6-14)15-7-10/h1-5,7H. The van der Waals surface area contributed by atoms with E-state index in [0.29, 0.717) is 0 Å². The van der Waals surface area contributed by atoms with Gasteiger partial charge in [-0.25, -0.2) is 9.37 Å². The Kier molecular flexibility index (Phi) is 3.34. The molecule has 6 nitrogen and oxygen atoms in total. The van der Waals surface area contributed by atoms with Gasteiger partial charge in [0.2, 0.25) is 5.75 Å². The molecule has 0 bridgehead atoms. The van der Waals surface area contributed by atoms with Gasteiger partial charge in [-0.15, -0.1) is 0 Å². The minimum Gasteiger partial charge on any atom is -0.449 e. The number of hydrogen-bond donors (Lipinski definition) is 0. The van der Waals surface area contributed by atoms with Gasteiger partial charge in [-0.05, 0) is 24.3 Å². The van der Waals surface area contributed by atoms with Gasteiger partial charge in [0.25, 0.3) is 0 Å². The molecule has 2 rings (SSSR count). The third kappa shape index (κ3) is 2.81. The Morgan fingerprint density at radius 1 is 1.37 bits per heavy atom. The van der Waals surface area contributed by atoms with Crippen molar-refractivity contribution in [3.05, 3.63) is 58.2 Å². The van der Waals surface area contributed by atoms with E-state index in [2.05, 4.69) is 4.98 Å². The van der Waals surface area contributed by atoms with E-state index in [1.54, 1.807) is 0 Å². The van der Waals surface area contributed by atoms with Crippen molar-refractivity contribution in [1.82, 2.24) is 4.98 Å². The summed E-state index contributed by atoms with van der Waals surface area (Å²) in [6.07, 6.45) is 1.26. The van der Waals surface area contributed by atoms with E-state index >= 15 is 0 Å². The molecule has 94 valence electrons. The second-order valence-electron chi connectivity index (χ2n) is 3.46. The first-order valence-corrected chi connectivity index (χ1v) is 5.08. The van der Waals surface area contributed by atoms with Gasteiger partial charge in [0.15, 0.2) is 0 Å². The first kappa shape index (κ1) is 12.4. The molecule has 0 saturated heterocycles. The van der Waals surface area contributed by atoms with Gasteiger partial charge in [-0.3, -0.25) is 10.1 Å². The van der Waals surface area contributed by atoms with E-state index in [9.17, 15) is 14.5 Å². The second kappa shape index (κ2) is 5.10. The SMILES string of the molecule is N#Cc1ccc(Oc2ccc(F)cc2[N+](=O)[O-])cn1. The molecular weight excluding hydrogens is 253 g/mol. The molecule has 2 aromatic rings. The zero-order chi connectivity index (χ0) is 13.8. The fraction of sp³-hybridized carbons (Fsp3) is 0. The lowest BCUT2D eigenvalue weighted by Crippen LogP contribution is -1.95. The van der Waals surface area contributed by atoms with Crippen molar-refractivity contribution in [2.75, 3.05) is 0 Å². The van der Waals surface area contributed by atoms with Crippen LogP contribution in [0.15, 0.2) is 36.5 Å². The number of nitro groups is 1. The number of halogens is 1. The van der Waals surface area contributed by atoms with Crippen molar-refractivity contribution in [3.8, 4) is 17.6 Å². The van der Waals surface area contributed by atoms with Crippen molar-refractivity contribution in [2.45, 2.75) is 0 Å². The molecule has 0 aliphatic heterocycles. The molecule has 0 fully saturated rings. The van der Waals surface area contributed by atoms with Crippen molar-refractivity contribution in [2.24, 2.45) is 0 Å². The molecule has 1 heterocycles. The monoisotopic (exact) mass is 259 g/mol. The third-order valence-corrected chi connectivity index (χ3v) is 2.20. The first-order chi connectivity index (χ1) is 9.10. The van der Waals surface area contributed by atoms with Gasteiger partial charge >= 0.3 is 5.69 Å². The Morgan fingerprint density at radius 3 is 2.74 bits per heavy atom. The summed E-state index contributed by atoms with van der Waals surface area (Å²) in [7, 11) is 0. The van der Waals surface area contributed by atoms with Crippen LogP contribution in [0.4, 0.5) is 10.1 Å². The molecule has 7 heteroatoms. The summed E-state index contributed by atoms with van der Waals surface area (Å²) in [6, 6.07) is 7.66. The molecule has 0 spiro atoms. The Bertz CT molecular complexity index is 665. The minimum absolute atomic E-state index is 0.0992. The van der Waals surface area contributed by atoms with Crippen LogP contribution in [-0.2, 0) is 0 Å². The number of nitrogens with zero attached hydrogens (tertiary/aromatic N) is 3. The lowest BCUT2D eigenvalue weighted by atomic mass is 10.3. The van der Waals surface area contributed by atoms with E-state index in [4.69, 9.17) is 10.00 Å². The Morgan fingerprint density at radius 2 is 2.16 bits per heavy atom. The van der Waals surface area contributed by atoms with Crippen LogP contribution in [-0.4, -0.2) is 9.91 Å². The number of benzene rings is 1.